The summed E-state index contributed by atoms with van der Waals surface area (Å²) in [5.74, 6) is -72.1. The molecule has 0 unspecified atom stereocenters. The van der Waals surface area contributed by atoms with Gasteiger partial charge in [-0.2, -0.15) is 4.57 Å². The SMILES string of the molecule is Fc1c(F)c(F)c([B-](c2c(F)c(F)c(F)c(F)c2F)(c2c(F)c(F)c(F)c(F)c2F)c2c(F)c(F)c(F)c(F)c2F)c(F)c1F.O=C(OCF)c1ccc2ccccc2[n+]1Cc1ccccc1. The maximum atomic E-state index is 15.4. The second kappa shape index (κ2) is 18.6. The van der Waals surface area contributed by atoms with Crippen molar-refractivity contribution in [3.05, 3.63) is 194 Å². The Morgan fingerprint density at radius 1 is 0.388 bits per heavy atom. The first-order valence-corrected chi connectivity index (χ1v) is 17.9. The zero-order valence-corrected chi connectivity index (χ0v) is 32.0. The minimum atomic E-state index is -7.22. The topological polar surface area (TPSA) is 30.2 Å². The molecule has 0 radical (unpaired) electrons. The number of alkyl halides is 1. The number of aromatic nitrogens is 1. The van der Waals surface area contributed by atoms with Crippen LogP contribution < -0.4 is 26.4 Å². The van der Waals surface area contributed by atoms with E-state index in [1.54, 1.807) is 6.07 Å². The summed E-state index contributed by atoms with van der Waals surface area (Å²) in [7, 11) is 0. The van der Waals surface area contributed by atoms with Gasteiger partial charge in [0.2, 0.25) is 12.4 Å². The minimum Gasteiger partial charge on any atom is -0.426 e. The zero-order chi connectivity index (χ0) is 49.7. The Labute approximate surface area is 358 Å². The number of ether oxygens (including phenoxy) is 1. The fourth-order valence-electron chi connectivity index (χ4n) is 7.38. The van der Waals surface area contributed by atoms with Gasteiger partial charge in [-0.1, -0.05) is 42.5 Å². The molecule has 350 valence electrons. The van der Waals surface area contributed by atoms with Gasteiger partial charge in [-0.25, -0.2) is 97.0 Å². The largest absolute Gasteiger partial charge is 0.426 e. The number of halogens is 21. The number of fused-ring (bicyclic) bond motifs is 1. The van der Waals surface area contributed by atoms with Crippen molar-refractivity contribution in [3.63, 3.8) is 0 Å². The number of rotatable bonds is 8. The lowest BCUT2D eigenvalue weighted by atomic mass is 9.12. The summed E-state index contributed by atoms with van der Waals surface area (Å²) in [6.45, 7) is -0.615. The van der Waals surface area contributed by atoms with Gasteiger partial charge in [0.05, 0.1) is 0 Å². The molecule has 0 spiro atoms. The first-order chi connectivity index (χ1) is 31.5. The Morgan fingerprint density at radius 3 is 1.01 bits per heavy atom. The summed E-state index contributed by atoms with van der Waals surface area (Å²) in [4.78, 5) is 12.0. The fourth-order valence-corrected chi connectivity index (χ4v) is 7.38. The van der Waals surface area contributed by atoms with Crippen molar-refractivity contribution in [1.29, 1.82) is 0 Å². The molecule has 1 heterocycles. The Bertz CT molecular complexity index is 2770. The lowest BCUT2D eigenvalue weighted by Crippen LogP contribution is -2.81. The van der Waals surface area contributed by atoms with Crippen LogP contribution in [0.2, 0.25) is 0 Å². The molecule has 0 amide bonds. The monoisotopic (exact) mass is 975 g/mol. The highest BCUT2D eigenvalue weighted by molar-refractivity contribution is 7.20. The summed E-state index contributed by atoms with van der Waals surface area (Å²) in [6.07, 6.45) is -7.22. The molecule has 0 fully saturated rings. The molecule has 0 saturated heterocycles. The van der Waals surface area contributed by atoms with Crippen LogP contribution in [0.1, 0.15) is 16.1 Å². The zero-order valence-electron chi connectivity index (χ0n) is 32.0. The van der Waals surface area contributed by atoms with Crippen LogP contribution in [0.15, 0.2) is 66.7 Å². The number of benzene rings is 6. The molecule has 0 bridgehead atoms. The third-order valence-electron chi connectivity index (χ3n) is 10.2. The van der Waals surface area contributed by atoms with Crippen molar-refractivity contribution < 1.29 is 106 Å². The maximum Gasteiger partial charge on any atom is 0.406 e. The number of carbonyl (C=O) groups excluding carboxylic acids is 1. The summed E-state index contributed by atoms with van der Waals surface area (Å²) in [5.41, 5.74) is -12.0. The second-order valence-electron chi connectivity index (χ2n) is 13.7. The highest BCUT2D eigenvalue weighted by atomic mass is 19.2. The smallest absolute Gasteiger partial charge is 0.406 e. The molecule has 67 heavy (non-hydrogen) atoms. The van der Waals surface area contributed by atoms with E-state index in [1.807, 2.05) is 65.2 Å². The van der Waals surface area contributed by atoms with Gasteiger partial charge in [-0.05, 0) is 12.1 Å². The molecule has 0 aliphatic rings. The normalized spacial score (nSPS) is 11.5. The first kappa shape index (κ1) is 49.2. The van der Waals surface area contributed by atoms with Gasteiger partial charge in [0.15, 0.2) is 76.4 Å². The van der Waals surface area contributed by atoms with E-state index in [-0.39, 0.29) is 0 Å². The van der Waals surface area contributed by atoms with E-state index < -0.39 is 157 Å². The lowest BCUT2D eigenvalue weighted by molar-refractivity contribution is -0.665. The van der Waals surface area contributed by atoms with Crippen molar-refractivity contribution in [2.75, 3.05) is 6.86 Å². The molecule has 25 heteroatoms. The number of hydrogen-bond acceptors (Lipinski definition) is 2. The number of hydrogen-bond donors (Lipinski definition) is 0. The third-order valence-corrected chi connectivity index (χ3v) is 10.2. The van der Waals surface area contributed by atoms with Crippen molar-refractivity contribution in [1.82, 2.24) is 0 Å². The first-order valence-electron chi connectivity index (χ1n) is 17.9. The quantitative estimate of drug-likeness (QED) is 0.0380. The van der Waals surface area contributed by atoms with Crippen molar-refractivity contribution in [2.45, 2.75) is 6.54 Å². The van der Waals surface area contributed by atoms with E-state index in [0.29, 0.717) is 12.2 Å². The van der Waals surface area contributed by atoms with Gasteiger partial charge in [0.1, 0.15) is 52.7 Å². The average Bonchev–Trinajstić information content (AvgIpc) is 3.32. The van der Waals surface area contributed by atoms with E-state index in [9.17, 15) is 61.9 Å². The van der Waals surface area contributed by atoms with Gasteiger partial charge in [-0.15, -0.1) is 21.9 Å². The molecule has 6 aromatic carbocycles. The van der Waals surface area contributed by atoms with E-state index in [4.69, 9.17) is 0 Å². The molecule has 0 N–H and O–H groups in total. The number of esters is 1. The molecule has 0 atom stereocenters. The van der Waals surface area contributed by atoms with E-state index >= 15 is 35.1 Å². The highest BCUT2D eigenvalue weighted by Crippen LogP contribution is 2.31. The van der Waals surface area contributed by atoms with Crippen LogP contribution >= 0.6 is 0 Å². The Hall–Kier alpha value is -7.21. The standard InChI is InChI=1S/C24BF20.C18H15FNO2/c26-5-1(6(27)14(35)21(42)13(5)34)25(2-7(28)15(36)22(43)16(37)8(2)29,3-9(30)17(38)23(44)18(39)10(3)31)4-11(32)19(40)24(45)20(41)12(4)33;19-13-22-18(21)17-11-10-15-8-4-5-9-16(15)20(17)12-14-6-2-1-3-7-14/h;1-11H,12-13H2/q-1;+1. The van der Waals surface area contributed by atoms with E-state index in [0.717, 1.165) is 16.5 Å². The van der Waals surface area contributed by atoms with Crippen LogP contribution in [-0.4, -0.2) is 19.0 Å². The van der Waals surface area contributed by atoms with Gasteiger partial charge in [-0.3, -0.25) is 0 Å². The van der Waals surface area contributed by atoms with Gasteiger partial charge in [0.25, 0.3) is 5.69 Å². The Balaban J connectivity index is 0.000000279. The Morgan fingerprint density at radius 2 is 0.687 bits per heavy atom. The summed E-state index contributed by atoms with van der Waals surface area (Å²) < 4.78 is 313. The van der Waals surface area contributed by atoms with Gasteiger partial charge >= 0.3 is 5.97 Å². The maximum absolute atomic E-state index is 15.4. The average molecular weight is 975 g/mol. The van der Waals surface area contributed by atoms with Crippen molar-refractivity contribution >= 4 is 44.9 Å². The van der Waals surface area contributed by atoms with Crippen LogP contribution in [0, 0.1) is 116 Å². The molecule has 7 rings (SSSR count). The molecular weight excluding hydrogens is 960 g/mol. The molecule has 0 aliphatic heterocycles. The summed E-state index contributed by atoms with van der Waals surface area (Å²) in [5, 5.41) is 1.01. The van der Waals surface area contributed by atoms with Gasteiger partial charge < -0.3 is 4.74 Å². The second-order valence-corrected chi connectivity index (χ2v) is 13.7. The molecule has 0 aliphatic carbocycles. The van der Waals surface area contributed by atoms with E-state index in [1.165, 1.54) is 0 Å². The summed E-state index contributed by atoms with van der Waals surface area (Å²) >= 11 is 0. The lowest BCUT2D eigenvalue weighted by Gasteiger charge is -2.44. The van der Waals surface area contributed by atoms with Crippen molar-refractivity contribution in [2.24, 2.45) is 0 Å². The molecule has 7 aromatic rings. The predicted octanol–water partition coefficient (Wildman–Crippen LogP) is 9.11. The van der Waals surface area contributed by atoms with Crippen molar-refractivity contribution in [3.8, 4) is 0 Å². The number of nitrogens with zero attached hydrogens (tertiary/aromatic N) is 1. The van der Waals surface area contributed by atoms with E-state index in [2.05, 4.69) is 4.74 Å². The van der Waals surface area contributed by atoms with Crippen LogP contribution in [0.4, 0.5) is 92.2 Å². The predicted molar refractivity (Wildman–Crippen MR) is 190 cm³/mol. The molecule has 0 saturated carbocycles. The summed E-state index contributed by atoms with van der Waals surface area (Å²) in [6, 6.07) is 21.1. The van der Waals surface area contributed by atoms with Crippen LogP contribution in [0.5, 0.6) is 0 Å². The molecular formula is C42H15BF21NO2. The highest BCUT2D eigenvalue weighted by Gasteiger charge is 2.52. The van der Waals surface area contributed by atoms with Crippen LogP contribution in [-0.2, 0) is 11.3 Å². The van der Waals surface area contributed by atoms with Crippen LogP contribution in [0.25, 0.3) is 10.9 Å². The number of para-hydroxylation sites is 1. The third kappa shape index (κ3) is 7.81. The van der Waals surface area contributed by atoms with Crippen LogP contribution in [0.3, 0.4) is 0 Å². The van der Waals surface area contributed by atoms with Gasteiger partial charge in [0, 0.05) is 23.1 Å². The minimum absolute atomic E-state index is 0.334. The fraction of sp³-hybridized carbons (Fsp3) is 0.0476. The molecule has 1 aromatic heterocycles. The Kier molecular flexibility index (Phi) is 13.7. The number of pyridine rings is 1. The molecule has 3 nitrogen and oxygen atoms in total. The number of carbonyl (C=O) groups is 1.